The molecule has 0 unspecified atom stereocenters. The van der Waals surface area contributed by atoms with Crippen molar-refractivity contribution >= 4 is 26.9 Å². The van der Waals surface area contributed by atoms with Gasteiger partial charge in [-0.25, -0.2) is 8.42 Å². The molecular weight excluding hydrogens is 482 g/mol. The third-order valence-corrected chi connectivity index (χ3v) is 9.44. The fourth-order valence-corrected chi connectivity index (χ4v) is 7.26. The first-order chi connectivity index (χ1) is 17.3. The van der Waals surface area contributed by atoms with E-state index in [9.17, 15) is 23.4 Å². The van der Waals surface area contributed by atoms with Gasteiger partial charge in [0.25, 0.3) is 0 Å². The van der Waals surface area contributed by atoms with Crippen LogP contribution in [-0.2, 0) is 27.8 Å². The molecule has 36 heavy (non-hydrogen) atoms. The summed E-state index contributed by atoms with van der Waals surface area (Å²) in [6.45, 7) is 2.46. The van der Waals surface area contributed by atoms with Gasteiger partial charge in [-0.05, 0) is 43.0 Å². The van der Waals surface area contributed by atoms with E-state index in [1.165, 1.54) is 10.4 Å². The smallest absolute Gasteiger partial charge is 0.309 e. The predicted molar refractivity (Wildman–Crippen MR) is 133 cm³/mol. The van der Waals surface area contributed by atoms with Crippen molar-refractivity contribution in [1.82, 2.24) is 14.1 Å². The molecule has 2 fully saturated rings. The zero-order valence-electron chi connectivity index (χ0n) is 20.2. The first-order valence-corrected chi connectivity index (χ1v) is 13.8. The number of nitrogens with zero attached hydrogens (tertiary/aromatic N) is 3. The van der Waals surface area contributed by atoms with E-state index in [-0.39, 0.29) is 29.8 Å². The number of benzene rings is 2. The second-order valence-electron chi connectivity index (χ2n) is 9.58. The van der Waals surface area contributed by atoms with E-state index in [0.29, 0.717) is 36.1 Å². The molecular formula is C26H31N3O6S. The highest BCUT2D eigenvalue weighted by atomic mass is 32.2. The molecule has 0 bridgehead atoms. The van der Waals surface area contributed by atoms with Crippen molar-refractivity contribution in [2.24, 2.45) is 11.8 Å². The van der Waals surface area contributed by atoms with Crippen LogP contribution < -0.4 is 4.74 Å². The average Bonchev–Trinajstić information content (AvgIpc) is 3.40. The summed E-state index contributed by atoms with van der Waals surface area (Å²) in [6.07, 6.45) is 3.02. The standard InChI is InChI=1S/C26H31N3O6S/c1-2-35-19-10-11-25(18(12-19)16-30)36(33,34)28-14-21(17-6-5-7-17)24(15-28)29-23-9-4-3-8-20(23)22(27-29)13-26(31)32/h3-4,8-12,17,21,24,30H,2,5-7,13-16H2,1H3,(H,31,32)/t21-,24-/m0/s1. The highest BCUT2D eigenvalue weighted by molar-refractivity contribution is 7.89. The van der Waals surface area contributed by atoms with Gasteiger partial charge >= 0.3 is 5.97 Å². The van der Waals surface area contributed by atoms with Crippen molar-refractivity contribution in [1.29, 1.82) is 0 Å². The molecule has 1 aliphatic carbocycles. The number of hydrogen-bond acceptors (Lipinski definition) is 6. The number of sulfonamides is 1. The van der Waals surface area contributed by atoms with Gasteiger partial charge in [0.2, 0.25) is 10.0 Å². The second-order valence-corrected chi connectivity index (χ2v) is 11.5. The number of carboxylic acid groups (broad SMARTS) is 1. The summed E-state index contributed by atoms with van der Waals surface area (Å²) < 4.78 is 36.5. The summed E-state index contributed by atoms with van der Waals surface area (Å²) in [5.41, 5.74) is 1.61. The van der Waals surface area contributed by atoms with E-state index >= 15 is 0 Å². The molecule has 2 aromatic carbocycles. The van der Waals surface area contributed by atoms with Gasteiger partial charge in [-0.3, -0.25) is 9.48 Å². The van der Waals surface area contributed by atoms with Gasteiger partial charge in [-0.2, -0.15) is 9.40 Å². The van der Waals surface area contributed by atoms with Crippen LogP contribution >= 0.6 is 0 Å². The molecule has 5 rings (SSSR count). The van der Waals surface area contributed by atoms with Gasteiger partial charge in [0.15, 0.2) is 0 Å². The maximum absolute atomic E-state index is 13.8. The average molecular weight is 514 g/mol. The number of aliphatic carboxylic acids is 1. The first-order valence-electron chi connectivity index (χ1n) is 12.4. The van der Waals surface area contributed by atoms with Crippen molar-refractivity contribution in [3.63, 3.8) is 0 Å². The Morgan fingerprint density at radius 3 is 2.61 bits per heavy atom. The summed E-state index contributed by atoms with van der Waals surface area (Å²) in [4.78, 5) is 11.6. The fraction of sp³-hybridized carbons (Fsp3) is 0.462. The molecule has 1 saturated heterocycles. The number of para-hydroxylation sites is 1. The van der Waals surface area contributed by atoms with Crippen LogP contribution in [0.2, 0.25) is 0 Å². The van der Waals surface area contributed by atoms with Crippen LogP contribution in [0.3, 0.4) is 0 Å². The van der Waals surface area contributed by atoms with Crippen LogP contribution in [0.1, 0.15) is 43.5 Å². The Hall–Kier alpha value is -2.95. The minimum atomic E-state index is -3.89. The van der Waals surface area contributed by atoms with Crippen LogP contribution in [-0.4, -0.2) is 58.4 Å². The molecule has 2 heterocycles. The number of ether oxygens (including phenoxy) is 1. The van der Waals surface area contributed by atoms with E-state index in [1.54, 1.807) is 12.1 Å². The second kappa shape index (κ2) is 9.84. The van der Waals surface area contributed by atoms with Crippen molar-refractivity contribution in [3.05, 3.63) is 53.7 Å². The molecule has 0 amide bonds. The maximum Gasteiger partial charge on any atom is 0.309 e. The summed E-state index contributed by atoms with van der Waals surface area (Å²) in [5, 5.41) is 24.8. The number of aliphatic hydroxyl groups excluding tert-OH is 1. The lowest BCUT2D eigenvalue weighted by atomic mass is 9.74. The fourth-order valence-electron chi connectivity index (χ4n) is 5.57. The van der Waals surface area contributed by atoms with E-state index in [4.69, 9.17) is 9.84 Å². The van der Waals surface area contributed by atoms with Crippen molar-refractivity contribution in [2.45, 2.75) is 50.2 Å². The number of hydrogen-bond donors (Lipinski definition) is 2. The lowest BCUT2D eigenvalue weighted by molar-refractivity contribution is -0.136. The quantitative estimate of drug-likeness (QED) is 0.450. The third-order valence-electron chi connectivity index (χ3n) is 7.51. The van der Waals surface area contributed by atoms with Gasteiger partial charge in [0.05, 0.1) is 41.8 Å². The Bertz CT molecular complexity index is 1380. The number of aliphatic hydroxyl groups is 1. The Labute approximate surface area is 210 Å². The van der Waals surface area contributed by atoms with Crippen LogP contribution in [0.4, 0.5) is 0 Å². The highest BCUT2D eigenvalue weighted by Crippen LogP contribution is 2.45. The lowest BCUT2D eigenvalue weighted by Gasteiger charge is -2.34. The molecule has 2 atom stereocenters. The third kappa shape index (κ3) is 4.38. The number of carbonyl (C=O) groups is 1. The Morgan fingerprint density at radius 2 is 1.94 bits per heavy atom. The summed E-state index contributed by atoms with van der Waals surface area (Å²) in [6, 6.07) is 12.0. The molecule has 2 aliphatic rings. The van der Waals surface area contributed by atoms with Crippen molar-refractivity contribution < 1.29 is 28.2 Å². The van der Waals surface area contributed by atoms with Gasteiger partial charge in [0.1, 0.15) is 5.75 Å². The highest BCUT2D eigenvalue weighted by Gasteiger charge is 2.46. The Balaban J connectivity index is 1.53. The van der Waals surface area contributed by atoms with Crippen molar-refractivity contribution in [3.8, 4) is 5.75 Å². The number of rotatable bonds is 9. The minimum Gasteiger partial charge on any atom is -0.494 e. The zero-order valence-corrected chi connectivity index (χ0v) is 21.0. The van der Waals surface area contributed by atoms with Gasteiger partial charge < -0.3 is 14.9 Å². The number of carboxylic acids is 1. The largest absolute Gasteiger partial charge is 0.494 e. The van der Waals surface area contributed by atoms with Gasteiger partial charge in [0, 0.05) is 24.0 Å². The van der Waals surface area contributed by atoms with E-state index in [2.05, 4.69) is 0 Å². The van der Waals surface area contributed by atoms with Crippen LogP contribution in [0.15, 0.2) is 47.4 Å². The summed E-state index contributed by atoms with van der Waals surface area (Å²) in [7, 11) is -3.89. The molecule has 1 saturated carbocycles. The predicted octanol–water partition coefficient (Wildman–Crippen LogP) is 3.22. The number of fused-ring (bicyclic) bond motifs is 1. The molecule has 0 radical (unpaired) electrons. The topological polar surface area (TPSA) is 122 Å². The van der Waals surface area contributed by atoms with Gasteiger partial charge in [-0.15, -0.1) is 0 Å². The molecule has 1 aliphatic heterocycles. The number of aromatic nitrogens is 2. The molecule has 0 spiro atoms. The van der Waals surface area contributed by atoms with Crippen LogP contribution in [0.5, 0.6) is 5.75 Å². The van der Waals surface area contributed by atoms with Crippen LogP contribution in [0.25, 0.3) is 10.9 Å². The van der Waals surface area contributed by atoms with Crippen molar-refractivity contribution in [2.75, 3.05) is 19.7 Å². The SMILES string of the molecule is CCOc1ccc(S(=O)(=O)N2C[C@@H](C3CCC3)[C@@H](n3nc(CC(=O)O)c4ccccc43)C2)c(CO)c1. The normalized spacial score (nSPS) is 21.1. The summed E-state index contributed by atoms with van der Waals surface area (Å²) >= 11 is 0. The minimum absolute atomic E-state index is 0.0646. The van der Waals surface area contributed by atoms with E-state index in [1.807, 2.05) is 35.9 Å². The Kier molecular flexibility index (Phi) is 6.76. The van der Waals surface area contributed by atoms with E-state index in [0.717, 1.165) is 30.2 Å². The molecule has 1 aromatic heterocycles. The zero-order chi connectivity index (χ0) is 25.4. The molecule has 192 valence electrons. The van der Waals surface area contributed by atoms with E-state index < -0.39 is 22.6 Å². The lowest BCUT2D eigenvalue weighted by Crippen LogP contribution is -2.32. The monoisotopic (exact) mass is 513 g/mol. The summed E-state index contributed by atoms with van der Waals surface area (Å²) in [5.74, 6) is 0.0123. The maximum atomic E-state index is 13.8. The molecule has 9 nitrogen and oxygen atoms in total. The van der Waals surface area contributed by atoms with Gasteiger partial charge in [-0.1, -0.05) is 37.5 Å². The molecule has 3 aromatic rings. The molecule has 2 N–H and O–H groups in total. The van der Waals surface area contributed by atoms with Crippen LogP contribution in [0, 0.1) is 11.8 Å². The molecule has 10 heteroatoms. The Morgan fingerprint density at radius 1 is 1.17 bits per heavy atom. The first kappa shape index (κ1) is 24.7.